The Kier molecular flexibility index (Phi) is 4.64. The molecule has 0 saturated heterocycles. The quantitative estimate of drug-likeness (QED) is 0.598. The highest BCUT2D eigenvalue weighted by Gasteiger charge is 2.39. The van der Waals surface area contributed by atoms with Crippen LogP contribution in [0, 0.1) is 0 Å². The van der Waals surface area contributed by atoms with E-state index in [1.165, 1.54) is 19.3 Å². The molecule has 0 unspecified atom stereocenters. The standard InChI is InChI=1S/C23H28N4O2/c1-15(2)27-22-19(14-24-27)18(13-20(25-22)21-9-6-12-29-21)23(28)26(17-10-11-17)16-7-4-3-5-8-16/h6,9,12-17H,3-5,7-8,10-11H2,1-2H3. The van der Waals surface area contributed by atoms with Gasteiger partial charge in [-0.05, 0) is 57.7 Å². The highest BCUT2D eigenvalue weighted by atomic mass is 16.3. The first-order valence-corrected chi connectivity index (χ1v) is 10.9. The average molecular weight is 393 g/mol. The summed E-state index contributed by atoms with van der Waals surface area (Å²) in [7, 11) is 0. The maximum Gasteiger partial charge on any atom is 0.255 e. The van der Waals surface area contributed by atoms with Crippen molar-refractivity contribution >= 4 is 16.9 Å². The molecule has 6 heteroatoms. The van der Waals surface area contributed by atoms with Gasteiger partial charge in [-0.3, -0.25) is 4.79 Å². The van der Waals surface area contributed by atoms with Crippen LogP contribution in [0.1, 0.15) is 75.2 Å². The lowest BCUT2D eigenvalue weighted by molar-refractivity contribution is 0.0616. The molecule has 2 saturated carbocycles. The summed E-state index contributed by atoms with van der Waals surface area (Å²) in [5.41, 5.74) is 2.13. The fourth-order valence-electron chi connectivity index (χ4n) is 4.60. The zero-order chi connectivity index (χ0) is 20.0. The van der Waals surface area contributed by atoms with Gasteiger partial charge in [-0.1, -0.05) is 19.3 Å². The highest BCUT2D eigenvalue weighted by Crippen LogP contribution is 2.36. The summed E-state index contributed by atoms with van der Waals surface area (Å²) in [5, 5.41) is 5.38. The number of furan rings is 1. The van der Waals surface area contributed by atoms with E-state index >= 15 is 0 Å². The molecule has 2 fully saturated rings. The molecule has 0 bridgehead atoms. The second kappa shape index (κ2) is 7.32. The Bertz CT molecular complexity index is 1010. The molecule has 0 aliphatic heterocycles. The van der Waals surface area contributed by atoms with Crippen molar-refractivity contribution in [3.63, 3.8) is 0 Å². The topological polar surface area (TPSA) is 64.2 Å². The fraction of sp³-hybridized carbons (Fsp3) is 0.522. The third-order valence-corrected chi connectivity index (χ3v) is 6.20. The molecule has 3 aromatic heterocycles. The lowest BCUT2D eigenvalue weighted by Crippen LogP contribution is -2.43. The smallest absolute Gasteiger partial charge is 0.255 e. The minimum Gasteiger partial charge on any atom is -0.463 e. The third-order valence-electron chi connectivity index (χ3n) is 6.20. The minimum absolute atomic E-state index is 0.128. The maximum atomic E-state index is 13.9. The number of rotatable bonds is 5. The Morgan fingerprint density at radius 2 is 1.93 bits per heavy atom. The second-order valence-electron chi connectivity index (χ2n) is 8.69. The summed E-state index contributed by atoms with van der Waals surface area (Å²) in [5.74, 6) is 0.802. The monoisotopic (exact) mass is 392 g/mol. The van der Waals surface area contributed by atoms with Crippen LogP contribution >= 0.6 is 0 Å². The predicted molar refractivity (Wildman–Crippen MR) is 112 cm³/mol. The number of aromatic nitrogens is 3. The van der Waals surface area contributed by atoms with Crippen LogP contribution in [0.15, 0.2) is 35.1 Å². The Morgan fingerprint density at radius 3 is 2.59 bits per heavy atom. The van der Waals surface area contributed by atoms with E-state index in [2.05, 4.69) is 23.8 Å². The molecule has 152 valence electrons. The van der Waals surface area contributed by atoms with Gasteiger partial charge in [0.15, 0.2) is 11.4 Å². The van der Waals surface area contributed by atoms with Gasteiger partial charge in [0.1, 0.15) is 5.69 Å². The summed E-state index contributed by atoms with van der Waals surface area (Å²) in [6.45, 7) is 4.15. The highest BCUT2D eigenvalue weighted by molar-refractivity contribution is 6.06. The van der Waals surface area contributed by atoms with E-state index in [-0.39, 0.29) is 11.9 Å². The summed E-state index contributed by atoms with van der Waals surface area (Å²) in [6.07, 6.45) is 11.6. The van der Waals surface area contributed by atoms with Gasteiger partial charge in [-0.15, -0.1) is 0 Å². The van der Waals surface area contributed by atoms with Crippen LogP contribution < -0.4 is 0 Å². The lowest BCUT2D eigenvalue weighted by atomic mass is 9.93. The number of carbonyl (C=O) groups is 1. The van der Waals surface area contributed by atoms with Crippen LogP contribution in [0.3, 0.4) is 0 Å². The maximum absolute atomic E-state index is 13.9. The van der Waals surface area contributed by atoms with Crippen LogP contribution in [0.5, 0.6) is 0 Å². The number of fused-ring (bicyclic) bond motifs is 1. The number of carbonyl (C=O) groups excluding carboxylic acids is 1. The van der Waals surface area contributed by atoms with Gasteiger partial charge < -0.3 is 9.32 Å². The van der Waals surface area contributed by atoms with Gasteiger partial charge in [0.2, 0.25) is 0 Å². The number of amides is 1. The predicted octanol–water partition coefficient (Wildman–Crippen LogP) is 5.21. The number of hydrogen-bond acceptors (Lipinski definition) is 4. The largest absolute Gasteiger partial charge is 0.463 e. The van der Waals surface area contributed by atoms with E-state index in [1.54, 1.807) is 12.5 Å². The molecule has 0 N–H and O–H groups in total. The van der Waals surface area contributed by atoms with E-state index in [1.807, 2.05) is 22.9 Å². The second-order valence-corrected chi connectivity index (χ2v) is 8.69. The van der Waals surface area contributed by atoms with Gasteiger partial charge in [-0.25, -0.2) is 9.67 Å². The fourth-order valence-corrected chi connectivity index (χ4v) is 4.60. The minimum atomic E-state index is 0.128. The first-order chi connectivity index (χ1) is 14.1. The first-order valence-electron chi connectivity index (χ1n) is 10.9. The van der Waals surface area contributed by atoms with E-state index < -0.39 is 0 Å². The van der Waals surface area contributed by atoms with Gasteiger partial charge in [-0.2, -0.15) is 5.10 Å². The van der Waals surface area contributed by atoms with Gasteiger partial charge in [0.25, 0.3) is 5.91 Å². The van der Waals surface area contributed by atoms with E-state index in [0.717, 1.165) is 36.7 Å². The van der Waals surface area contributed by atoms with E-state index in [9.17, 15) is 4.79 Å². The summed E-state index contributed by atoms with van der Waals surface area (Å²) < 4.78 is 7.49. The lowest BCUT2D eigenvalue weighted by Gasteiger charge is -2.35. The SMILES string of the molecule is CC(C)n1ncc2c(C(=O)N(C3CCCCC3)C3CC3)cc(-c3ccco3)nc21. The van der Waals surface area contributed by atoms with Crippen molar-refractivity contribution in [2.75, 3.05) is 0 Å². The van der Waals surface area contributed by atoms with Gasteiger partial charge >= 0.3 is 0 Å². The van der Waals surface area contributed by atoms with Crippen molar-refractivity contribution in [2.45, 2.75) is 76.9 Å². The molecule has 29 heavy (non-hydrogen) atoms. The van der Waals surface area contributed by atoms with Crippen molar-refractivity contribution in [3.05, 3.63) is 36.2 Å². The molecule has 3 heterocycles. The third kappa shape index (κ3) is 3.34. The molecule has 3 aromatic rings. The van der Waals surface area contributed by atoms with Crippen LogP contribution in [-0.2, 0) is 0 Å². The average Bonchev–Trinajstić information content (AvgIpc) is 3.23. The molecule has 0 aromatic carbocycles. The zero-order valence-corrected chi connectivity index (χ0v) is 17.2. The van der Waals surface area contributed by atoms with Gasteiger partial charge in [0, 0.05) is 18.1 Å². The van der Waals surface area contributed by atoms with E-state index in [0.29, 0.717) is 29.1 Å². The number of hydrogen-bond donors (Lipinski definition) is 0. The Hall–Kier alpha value is -2.63. The summed E-state index contributed by atoms with van der Waals surface area (Å²) >= 11 is 0. The normalized spacial score (nSPS) is 17.9. The van der Waals surface area contributed by atoms with Crippen molar-refractivity contribution in [2.24, 2.45) is 0 Å². The molecular weight excluding hydrogens is 364 g/mol. The van der Waals surface area contributed by atoms with E-state index in [4.69, 9.17) is 9.40 Å². The molecule has 5 rings (SSSR count). The van der Waals surface area contributed by atoms with Crippen molar-refractivity contribution < 1.29 is 9.21 Å². The number of nitrogens with zero attached hydrogens (tertiary/aromatic N) is 4. The Labute approximate surface area is 170 Å². The molecule has 1 amide bonds. The first kappa shape index (κ1) is 18.4. The molecular formula is C23H28N4O2. The van der Waals surface area contributed by atoms with Crippen LogP contribution in [-0.4, -0.2) is 37.7 Å². The van der Waals surface area contributed by atoms with Crippen molar-refractivity contribution in [1.82, 2.24) is 19.7 Å². The summed E-state index contributed by atoms with van der Waals surface area (Å²) in [6, 6.07) is 6.54. The van der Waals surface area contributed by atoms with Gasteiger partial charge in [0.05, 0.1) is 23.4 Å². The number of pyridine rings is 1. The Balaban J connectivity index is 1.63. The van der Waals surface area contributed by atoms with Crippen LogP contribution in [0.4, 0.5) is 0 Å². The molecule has 2 aliphatic carbocycles. The molecule has 6 nitrogen and oxygen atoms in total. The molecule has 0 radical (unpaired) electrons. The summed E-state index contributed by atoms with van der Waals surface area (Å²) in [4.78, 5) is 20.9. The Morgan fingerprint density at radius 1 is 1.17 bits per heavy atom. The van der Waals surface area contributed by atoms with Crippen LogP contribution in [0.2, 0.25) is 0 Å². The zero-order valence-electron chi connectivity index (χ0n) is 17.2. The van der Waals surface area contributed by atoms with Crippen molar-refractivity contribution in [3.8, 4) is 11.5 Å². The molecule has 0 atom stereocenters. The molecule has 0 spiro atoms. The van der Waals surface area contributed by atoms with Crippen LogP contribution in [0.25, 0.3) is 22.5 Å². The molecule has 2 aliphatic rings. The van der Waals surface area contributed by atoms with Crippen molar-refractivity contribution in [1.29, 1.82) is 0 Å².